The van der Waals surface area contributed by atoms with Crippen molar-refractivity contribution in [1.82, 2.24) is 4.90 Å². The molecule has 0 saturated heterocycles. The van der Waals surface area contributed by atoms with E-state index in [4.69, 9.17) is 10.2 Å². The van der Waals surface area contributed by atoms with E-state index in [2.05, 4.69) is 11.8 Å². The second kappa shape index (κ2) is 8.31. The van der Waals surface area contributed by atoms with Gasteiger partial charge >= 0.3 is 0 Å². The van der Waals surface area contributed by atoms with Crippen LogP contribution in [0.2, 0.25) is 0 Å². The summed E-state index contributed by atoms with van der Waals surface area (Å²) < 4.78 is 13.7. The number of aliphatic hydroxyl groups is 2. The Bertz CT molecular complexity index is 520. The number of carbonyl (C=O) groups excluding carboxylic acids is 1. The number of hydrogen-bond donors (Lipinski definition) is 2. The summed E-state index contributed by atoms with van der Waals surface area (Å²) in [5.74, 6) is 4.40. The number of benzene rings is 1. The average molecular weight is 279 g/mol. The molecule has 0 fully saturated rings. The van der Waals surface area contributed by atoms with Gasteiger partial charge in [-0.1, -0.05) is 11.8 Å². The first-order valence-corrected chi connectivity index (χ1v) is 6.43. The SMILES string of the molecule is CCN(CCO)C(=O)c1cc(C#CCCO)ccc1F. The van der Waals surface area contributed by atoms with E-state index < -0.39 is 11.7 Å². The van der Waals surface area contributed by atoms with Crippen molar-refractivity contribution in [2.75, 3.05) is 26.3 Å². The number of aliphatic hydroxyl groups excluding tert-OH is 2. The second-order valence-corrected chi connectivity index (χ2v) is 4.08. The topological polar surface area (TPSA) is 60.8 Å². The molecule has 1 amide bonds. The third-order valence-corrected chi connectivity index (χ3v) is 2.71. The number of carbonyl (C=O) groups is 1. The Morgan fingerprint density at radius 2 is 2.10 bits per heavy atom. The highest BCUT2D eigenvalue weighted by Gasteiger charge is 2.17. The van der Waals surface area contributed by atoms with Gasteiger partial charge in [0.05, 0.1) is 18.8 Å². The fraction of sp³-hybridized carbons (Fsp3) is 0.400. The summed E-state index contributed by atoms with van der Waals surface area (Å²) in [6.07, 6.45) is 0.326. The highest BCUT2D eigenvalue weighted by molar-refractivity contribution is 5.94. The molecule has 0 aliphatic carbocycles. The van der Waals surface area contributed by atoms with Gasteiger partial charge in [-0.25, -0.2) is 4.39 Å². The normalized spacial score (nSPS) is 9.80. The minimum atomic E-state index is -0.612. The summed E-state index contributed by atoms with van der Waals surface area (Å²) in [5, 5.41) is 17.5. The van der Waals surface area contributed by atoms with Crippen molar-refractivity contribution in [1.29, 1.82) is 0 Å². The Kier molecular flexibility index (Phi) is 6.71. The van der Waals surface area contributed by atoms with Crippen LogP contribution in [0.5, 0.6) is 0 Å². The van der Waals surface area contributed by atoms with Crippen molar-refractivity contribution in [2.24, 2.45) is 0 Å². The first kappa shape index (κ1) is 16.2. The van der Waals surface area contributed by atoms with E-state index in [0.29, 0.717) is 18.5 Å². The molecule has 1 aromatic carbocycles. The monoisotopic (exact) mass is 279 g/mol. The van der Waals surface area contributed by atoms with Crippen molar-refractivity contribution in [3.8, 4) is 11.8 Å². The summed E-state index contributed by atoms with van der Waals surface area (Å²) in [7, 11) is 0. The lowest BCUT2D eigenvalue weighted by molar-refractivity contribution is 0.0727. The smallest absolute Gasteiger partial charge is 0.256 e. The largest absolute Gasteiger partial charge is 0.395 e. The molecule has 0 aromatic heterocycles. The van der Waals surface area contributed by atoms with E-state index in [-0.39, 0.29) is 25.3 Å². The molecule has 20 heavy (non-hydrogen) atoms. The van der Waals surface area contributed by atoms with Gasteiger partial charge in [0, 0.05) is 25.1 Å². The van der Waals surface area contributed by atoms with Crippen LogP contribution in [0, 0.1) is 17.7 Å². The minimum absolute atomic E-state index is 0.0416. The molecular weight excluding hydrogens is 261 g/mol. The molecule has 2 N–H and O–H groups in total. The maximum absolute atomic E-state index is 13.7. The van der Waals surface area contributed by atoms with Crippen molar-refractivity contribution in [3.05, 3.63) is 35.1 Å². The highest BCUT2D eigenvalue weighted by Crippen LogP contribution is 2.13. The number of hydrogen-bond acceptors (Lipinski definition) is 3. The van der Waals surface area contributed by atoms with Gasteiger partial charge in [-0.05, 0) is 25.1 Å². The van der Waals surface area contributed by atoms with Gasteiger partial charge in [0.2, 0.25) is 0 Å². The van der Waals surface area contributed by atoms with Crippen LogP contribution in [0.1, 0.15) is 29.3 Å². The van der Waals surface area contributed by atoms with Crippen molar-refractivity contribution in [3.63, 3.8) is 0 Å². The fourth-order valence-corrected chi connectivity index (χ4v) is 1.68. The average Bonchev–Trinajstić information content (AvgIpc) is 2.46. The van der Waals surface area contributed by atoms with E-state index in [1.807, 2.05) is 0 Å². The first-order valence-electron chi connectivity index (χ1n) is 6.43. The summed E-state index contributed by atoms with van der Waals surface area (Å²) in [5.41, 5.74) is 0.458. The molecule has 0 bridgehead atoms. The van der Waals surface area contributed by atoms with Gasteiger partial charge in [0.1, 0.15) is 5.82 Å². The lowest BCUT2D eigenvalue weighted by Crippen LogP contribution is -2.33. The Balaban J connectivity index is 3.02. The van der Waals surface area contributed by atoms with Crippen molar-refractivity contribution >= 4 is 5.91 Å². The lowest BCUT2D eigenvalue weighted by atomic mass is 10.1. The molecule has 0 radical (unpaired) electrons. The maximum Gasteiger partial charge on any atom is 0.256 e. The van der Waals surface area contributed by atoms with Crippen LogP contribution in [0.15, 0.2) is 18.2 Å². The predicted molar refractivity (Wildman–Crippen MR) is 73.6 cm³/mol. The first-order chi connectivity index (χ1) is 9.63. The molecular formula is C15H18FNO3. The molecule has 1 rings (SSSR count). The number of halogens is 1. The van der Waals surface area contributed by atoms with Crippen LogP contribution < -0.4 is 0 Å². The van der Waals surface area contributed by atoms with Gasteiger partial charge in [-0.15, -0.1) is 0 Å². The Labute approximate surface area is 117 Å². The number of nitrogens with zero attached hydrogens (tertiary/aromatic N) is 1. The molecule has 0 spiro atoms. The molecule has 108 valence electrons. The molecule has 0 aliphatic rings. The molecule has 0 heterocycles. The zero-order chi connectivity index (χ0) is 15.0. The van der Waals surface area contributed by atoms with Gasteiger partial charge in [-0.3, -0.25) is 4.79 Å². The van der Waals surface area contributed by atoms with E-state index in [1.54, 1.807) is 6.92 Å². The Morgan fingerprint density at radius 3 is 2.70 bits per heavy atom. The fourth-order valence-electron chi connectivity index (χ4n) is 1.68. The molecule has 4 nitrogen and oxygen atoms in total. The van der Waals surface area contributed by atoms with Gasteiger partial charge in [0.25, 0.3) is 5.91 Å². The molecule has 1 aromatic rings. The van der Waals surface area contributed by atoms with Crippen LogP contribution >= 0.6 is 0 Å². The highest BCUT2D eigenvalue weighted by atomic mass is 19.1. The van der Waals surface area contributed by atoms with Crippen LogP contribution in [-0.2, 0) is 0 Å². The van der Waals surface area contributed by atoms with Gasteiger partial charge in [-0.2, -0.15) is 0 Å². The maximum atomic E-state index is 13.7. The standard InChI is InChI=1S/C15H18FNO3/c1-2-17(8-10-19)15(20)13-11-12(5-3-4-9-18)6-7-14(13)16/h6-7,11,18-19H,2,4,8-10H2,1H3. The number of amides is 1. The summed E-state index contributed by atoms with van der Waals surface area (Å²) in [6, 6.07) is 4.07. The second-order valence-electron chi connectivity index (χ2n) is 4.08. The third kappa shape index (κ3) is 4.34. The van der Waals surface area contributed by atoms with Crippen molar-refractivity contribution < 1.29 is 19.4 Å². The zero-order valence-corrected chi connectivity index (χ0v) is 11.4. The number of rotatable bonds is 5. The Hall–Kier alpha value is -1.90. The van der Waals surface area contributed by atoms with Crippen LogP contribution in [0.4, 0.5) is 4.39 Å². The van der Waals surface area contributed by atoms with Crippen LogP contribution in [0.25, 0.3) is 0 Å². The summed E-state index contributed by atoms with van der Waals surface area (Å²) in [4.78, 5) is 13.5. The van der Waals surface area contributed by atoms with E-state index >= 15 is 0 Å². The molecule has 0 unspecified atom stereocenters. The third-order valence-electron chi connectivity index (χ3n) is 2.71. The quantitative estimate of drug-likeness (QED) is 0.791. The molecule has 0 aliphatic heterocycles. The van der Waals surface area contributed by atoms with E-state index in [9.17, 15) is 9.18 Å². The number of likely N-dealkylation sites (N-methyl/N-ethyl adjacent to an activating group) is 1. The predicted octanol–water partition coefficient (Wildman–Crippen LogP) is 1.01. The van der Waals surface area contributed by atoms with E-state index in [1.165, 1.54) is 23.1 Å². The molecule has 5 heteroatoms. The van der Waals surface area contributed by atoms with Gasteiger partial charge in [0.15, 0.2) is 0 Å². The van der Waals surface area contributed by atoms with Crippen molar-refractivity contribution in [2.45, 2.75) is 13.3 Å². The van der Waals surface area contributed by atoms with Gasteiger partial charge < -0.3 is 15.1 Å². The van der Waals surface area contributed by atoms with Crippen LogP contribution in [-0.4, -0.2) is 47.3 Å². The lowest BCUT2D eigenvalue weighted by Gasteiger charge is -2.20. The Morgan fingerprint density at radius 1 is 1.35 bits per heavy atom. The van der Waals surface area contributed by atoms with E-state index in [0.717, 1.165) is 0 Å². The molecule has 0 atom stereocenters. The van der Waals surface area contributed by atoms with Crippen LogP contribution in [0.3, 0.4) is 0 Å². The minimum Gasteiger partial charge on any atom is -0.395 e. The molecule has 0 saturated carbocycles. The summed E-state index contributed by atoms with van der Waals surface area (Å²) >= 11 is 0. The zero-order valence-electron chi connectivity index (χ0n) is 11.4. The summed E-state index contributed by atoms with van der Waals surface area (Å²) in [6.45, 7) is 2.10.